The van der Waals surface area contributed by atoms with Crippen LogP contribution < -0.4 is 5.32 Å². The molecule has 0 aliphatic heterocycles. The largest absolute Gasteiger partial charge is 0.314 e. The number of benzene rings is 1. The Morgan fingerprint density at radius 1 is 1.16 bits per heavy atom. The van der Waals surface area contributed by atoms with E-state index in [1.807, 2.05) is 12.1 Å². The summed E-state index contributed by atoms with van der Waals surface area (Å²) in [6.45, 7) is 3.06. The van der Waals surface area contributed by atoms with Crippen molar-refractivity contribution in [3.8, 4) is 0 Å². The Morgan fingerprint density at radius 3 is 2.47 bits per heavy atom. The molecule has 0 radical (unpaired) electrons. The highest BCUT2D eigenvalue weighted by molar-refractivity contribution is 9.11. The molecule has 0 amide bonds. The molecule has 0 fully saturated rings. The lowest BCUT2D eigenvalue weighted by atomic mass is 10.0. The Morgan fingerprint density at radius 2 is 1.89 bits per heavy atom. The number of hydrogen-bond acceptors (Lipinski definition) is 2. The highest BCUT2D eigenvalue weighted by Crippen LogP contribution is 2.23. The SMILES string of the molecule is CCNC(Cc1ccc(F)cc1)Cc1ccc(Br)s1. The molecular formula is C15H17BrFNS. The molecule has 1 nitrogen and oxygen atoms in total. The van der Waals surface area contributed by atoms with Crippen LogP contribution in [0.2, 0.25) is 0 Å². The lowest BCUT2D eigenvalue weighted by molar-refractivity contribution is 0.524. The second-order valence-corrected chi connectivity index (χ2v) is 7.04. The number of thiophene rings is 1. The van der Waals surface area contributed by atoms with Crippen molar-refractivity contribution in [1.82, 2.24) is 5.32 Å². The molecule has 0 bridgehead atoms. The van der Waals surface area contributed by atoms with Crippen LogP contribution in [0, 0.1) is 5.82 Å². The summed E-state index contributed by atoms with van der Waals surface area (Å²) in [7, 11) is 0. The Bertz CT molecular complexity index is 509. The minimum atomic E-state index is -0.175. The predicted molar refractivity (Wildman–Crippen MR) is 83.3 cm³/mol. The van der Waals surface area contributed by atoms with Crippen molar-refractivity contribution in [3.05, 3.63) is 56.4 Å². The predicted octanol–water partition coefficient (Wildman–Crippen LogP) is 4.41. The summed E-state index contributed by atoms with van der Waals surface area (Å²) in [5.74, 6) is -0.175. The molecule has 19 heavy (non-hydrogen) atoms. The van der Waals surface area contributed by atoms with Gasteiger partial charge in [0.05, 0.1) is 3.79 Å². The molecule has 0 aliphatic rings. The summed E-state index contributed by atoms with van der Waals surface area (Å²) in [5, 5.41) is 3.50. The highest BCUT2D eigenvalue weighted by atomic mass is 79.9. The van der Waals surface area contributed by atoms with Crippen LogP contribution in [0.3, 0.4) is 0 Å². The van der Waals surface area contributed by atoms with Gasteiger partial charge in [-0.15, -0.1) is 11.3 Å². The zero-order valence-corrected chi connectivity index (χ0v) is 13.2. The normalized spacial score (nSPS) is 12.6. The first-order chi connectivity index (χ1) is 9.17. The first-order valence-corrected chi connectivity index (χ1v) is 8.00. The molecule has 1 N–H and O–H groups in total. The Balaban J connectivity index is 2.01. The van der Waals surface area contributed by atoms with Gasteiger partial charge < -0.3 is 5.32 Å². The molecule has 1 aromatic carbocycles. The van der Waals surface area contributed by atoms with Crippen LogP contribution in [-0.4, -0.2) is 12.6 Å². The van der Waals surface area contributed by atoms with E-state index in [2.05, 4.69) is 40.3 Å². The van der Waals surface area contributed by atoms with E-state index in [0.29, 0.717) is 6.04 Å². The van der Waals surface area contributed by atoms with Crippen LogP contribution in [0.25, 0.3) is 0 Å². The fraction of sp³-hybridized carbons (Fsp3) is 0.333. The molecule has 4 heteroatoms. The highest BCUT2D eigenvalue weighted by Gasteiger charge is 2.11. The van der Waals surface area contributed by atoms with E-state index in [0.717, 1.165) is 19.4 Å². The molecule has 0 aliphatic carbocycles. The van der Waals surface area contributed by atoms with E-state index in [9.17, 15) is 4.39 Å². The fourth-order valence-corrected chi connectivity index (χ4v) is 3.68. The zero-order valence-electron chi connectivity index (χ0n) is 10.8. The summed E-state index contributed by atoms with van der Waals surface area (Å²) in [6, 6.07) is 11.4. The van der Waals surface area contributed by atoms with Gasteiger partial charge in [-0.25, -0.2) is 4.39 Å². The lowest BCUT2D eigenvalue weighted by Gasteiger charge is -2.17. The van der Waals surface area contributed by atoms with Gasteiger partial charge in [-0.2, -0.15) is 0 Å². The molecule has 2 aromatic rings. The number of hydrogen-bond donors (Lipinski definition) is 1. The third-order valence-corrected chi connectivity index (χ3v) is 4.61. The summed E-state index contributed by atoms with van der Waals surface area (Å²) in [4.78, 5) is 1.36. The minimum Gasteiger partial charge on any atom is -0.314 e. The van der Waals surface area contributed by atoms with Gasteiger partial charge in [0.15, 0.2) is 0 Å². The summed E-state index contributed by atoms with van der Waals surface area (Å²) < 4.78 is 14.1. The topological polar surface area (TPSA) is 12.0 Å². The molecule has 2 rings (SSSR count). The van der Waals surface area contributed by atoms with Crippen LogP contribution in [0.15, 0.2) is 40.2 Å². The van der Waals surface area contributed by atoms with Gasteiger partial charge in [0.1, 0.15) is 5.82 Å². The Labute approximate surface area is 126 Å². The lowest BCUT2D eigenvalue weighted by Crippen LogP contribution is -2.32. The number of likely N-dealkylation sites (N-methyl/N-ethyl adjacent to an activating group) is 1. The van der Waals surface area contributed by atoms with Crippen molar-refractivity contribution in [1.29, 1.82) is 0 Å². The van der Waals surface area contributed by atoms with Crippen LogP contribution >= 0.6 is 27.3 Å². The molecule has 1 heterocycles. The Kier molecular flexibility index (Phi) is 5.55. The maximum absolute atomic E-state index is 12.9. The van der Waals surface area contributed by atoms with E-state index < -0.39 is 0 Å². The molecule has 0 saturated heterocycles. The van der Waals surface area contributed by atoms with Crippen molar-refractivity contribution in [2.75, 3.05) is 6.54 Å². The van der Waals surface area contributed by atoms with E-state index in [1.54, 1.807) is 11.3 Å². The Hall–Kier alpha value is -0.710. The molecule has 1 unspecified atom stereocenters. The van der Waals surface area contributed by atoms with Gasteiger partial charge >= 0.3 is 0 Å². The molecule has 1 aromatic heterocycles. The maximum atomic E-state index is 12.9. The third-order valence-electron chi connectivity index (χ3n) is 2.96. The smallest absolute Gasteiger partial charge is 0.123 e. The maximum Gasteiger partial charge on any atom is 0.123 e. The van der Waals surface area contributed by atoms with Crippen LogP contribution in [0.4, 0.5) is 4.39 Å². The van der Waals surface area contributed by atoms with Crippen molar-refractivity contribution in [2.24, 2.45) is 0 Å². The van der Waals surface area contributed by atoms with Crippen molar-refractivity contribution in [2.45, 2.75) is 25.8 Å². The van der Waals surface area contributed by atoms with Gasteiger partial charge in [-0.05, 0) is 65.1 Å². The quantitative estimate of drug-likeness (QED) is 0.820. The fourth-order valence-electron chi connectivity index (χ4n) is 2.11. The van der Waals surface area contributed by atoms with E-state index >= 15 is 0 Å². The van der Waals surface area contributed by atoms with Crippen molar-refractivity contribution in [3.63, 3.8) is 0 Å². The van der Waals surface area contributed by atoms with Crippen LogP contribution in [0.5, 0.6) is 0 Å². The molecule has 0 spiro atoms. The monoisotopic (exact) mass is 341 g/mol. The summed E-state index contributed by atoms with van der Waals surface area (Å²) in [6.07, 6.45) is 1.92. The van der Waals surface area contributed by atoms with Gasteiger partial charge in [-0.3, -0.25) is 0 Å². The molecule has 1 atom stereocenters. The molecule has 0 saturated carbocycles. The van der Waals surface area contributed by atoms with E-state index in [-0.39, 0.29) is 5.82 Å². The van der Waals surface area contributed by atoms with E-state index in [1.165, 1.54) is 26.4 Å². The summed E-state index contributed by atoms with van der Waals surface area (Å²) in [5.41, 5.74) is 1.17. The van der Waals surface area contributed by atoms with Gasteiger partial charge in [0.2, 0.25) is 0 Å². The minimum absolute atomic E-state index is 0.175. The van der Waals surface area contributed by atoms with Crippen LogP contribution in [-0.2, 0) is 12.8 Å². The second kappa shape index (κ2) is 7.17. The molecule has 102 valence electrons. The van der Waals surface area contributed by atoms with Crippen LogP contribution in [0.1, 0.15) is 17.4 Å². The standard InChI is InChI=1S/C15H17BrFNS/c1-2-18-13(10-14-7-8-15(16)19-14)9-11-3-5-12(17)6-4-11/h3-8,13,18H,2,9-10H2,1H3. The first kappa shape index (κ1) is 14.7. The van der Waals surface area contributed by atoms with Gasteiger partial charge in [0, 0.05) is 10.9 Å². The van der Waals surface area contributed by atoms with Gasteiger partial charge in [0.25, 0.3) is 0 Å². The number of rotatable bonds is 6. The summed E-state index contributed by atoms with van der Waals surface area (Å²) >= 11 is 5.26. The third kappa shape index (κ3) is 4.71. The number of nitrogens with one attached hydrogen (secondary N) is 1. The average molecular weight is 342 g/mol. The van der Waals surface area contributed by atoms with Gasteiger partial charge in [-0.1, -0.05) is 19.1 Å². The molecular weight excluding hydrogens is 325 g/mol. The average Bonchev–Trinajstić information content (AvgIpc) is 2.78. The second-order valence-electron chi connectivity index (χ2n) is 4.50. The van der Waals surface area contributed by atoms with E-state index in [4.69, 9.17) is 0 Å². The van der Waals surface area contributed by atoms with Crippen molar-refractivity contribution < 1.29 is 4.39 Å². The first-order valence-electron chi connectivity index (χ1n) is 6.39. The zero-order chi connectivity index (χ0) is 13.7. The van der Waals surface area contributed by atoms with Crippen molar-refractivity contribution >= 4 is 27.3 Å². The number of halogens is 2.